The molecule has 2 aromatic rings. The Morgan fingerprint density at radius 3 is 2.33 bits per heavy atom. The van der Waals surface area contributed by atoms with Crippen LogP contribution in [0.15, 0.2) is 42.5 Å². The van der Waals surface area contributed by atoms with Gasteiger partial charge in [-0.1, -0.05) is 57.2 Å². The highest BCUT2D eigenvalue weighted by molar-refractivity contribution is 5.83. The summed E-state index contributed by atoms with van der Waals surface area (Å²) >= 11 is 0. The summed E-state index contributed by atoms with van der Waals surface area (Å²) in [6.07, 6.45) is 1.16. The molecule has 0 amide bonds. The van der Waals surface area contributed by atoms with Crippen molar-refractivity contribution in [1.82, 2.24) is 5.32 Å². The van der Waals surface area contributed by atoms with E-state index < -0.39 is 0 Å². The Labute approximate surface area is 110 Å². The van der Waals surface area contributed by atoms with Crippen LogP contribution in [-0.4, -0.2) is 7.05 Å². The van der Waals surface area contributed by atoms with Crippen molar-refractivity contribution in [3.8, 4) is 0 Å². The molecule has 2 rings (SSSR count). The predicted molar refractivity (Wildman–Crippen MR) is 79.8 cm³/mol. The fourth-order valence-electron chi connectivity index (χ4n) is 2.60. The lowest BCUT2D eigenvalue weighted by atomic mass is 9.78. The van der Waals surface area contributed by atoms with E-state index in [1.54, 1.807) is 0 Å². The molecule has 0 fully saturated rings. The maximum atomic E-state index is 3.47. The number of benzene rings is 2. The smallest absolute Gasteiger partial charge is 0.0369 e. The van der Waals surface area contributed by atoms with E-state index in [1.165, 1.54) is 16.3 Å². The molecule has 1 heteroatoms. The van der Waals surface area contributed by atoms with Crippen molar-refractivity contribution in [1.29, 1.82) is 0 Å². The quantitative estimate of drug-likeness (QED) is 0.829. The largest absolute Gasteiger partial charge is 0.313 e. The third-order valence-electron chi connectivity index (χ3n) is 4.09. The Balaban J connectivity index is 2.46. The zero-order chi connectivity index (χ0) is 13.2. The van der Waals surface area contributed by atoms with E-state index in [2.05, 4.69) is 75.6 Å². The SMILES string of the molecule is CCC(C)(C)C(NC)c1ccc2ccccc2c1. The van der Waals surface area contributed by atoms with Gasteiger partial charge >= 0.3 is 0 Å². The molecule has 0 saturated carbocycles. The standard InChI is InChI=1S/C17H23N/c1-5-17(2,3)16(18-4)15-11-10-13-8-6-7-9-14(13)12-15/h6-12,16,18H,5H2,1-4H3. The summed E-state index contributed by atoms with van der Waals surface area (Å²) in [5.74, 6) is 0. The zero-order valence-electron chi connectivity index (χ0n) is 11.8. The van der Waals surface area contributed by atoms with Crippen molar-refractivity contribution in [2.75, 3.05) is 7.05 Å². The number of fused-ring (bicyclic) bond motifs is 1. The molecule has 1 N–H and O–H groups in total. The van der Waals surface area contributed by atoms with Gasteiger partial charge in [-0.3, -0.25) is 0 Å². The summed E-state index contributed by atoms with van der Waals surface area (Å²) < 4.78 is 0. The topological polar surface area (TPSA) is 12.0 Å². The first-order valence-electron chi connectivity index (χ1n) is 6.74. The van der Waals surface area contributed by atoms with E-state index in [4.69, 9.17) is 0 Å². The highest BCUT2D eigenvalue weighted by atomic mass is 14.9. The van der Waals surface area contributed by atoms with E-state index in [9.17, 15) is 0 Å². The van der Waals surface area contributed by atoms with Gasteiger partial charge in [-0.2, -0.15) is 0 Å². The molecule has 1 unspecified atom stereocenters. The van der Waals surface area contributed by atoms with Gasteiger partial charge in [0, 0.05) is 6.04 Å². The molecular formula is C17H23N. The normalized spacial score (nSPS) is 13.8. The summed E-state index contributed by atoms with van der Waals surface area (Å²) in [7, 11) is 2.05. The molecular weight excluding hydrogens is 218 g/mol. The van der Waals surface area contributed by atoms with Crippen LogP contribution in [0.25, 0.3) is 10.8 Å². The van der Waals surface area contributed by atoms with Crippen LogP contribution < -0.4 is 5.32 Å². The van der Waals surface area contributed by atoms with Gasteiger partial charge in [0.2, 0.25) is 0 Å². The maximum absolute atomic E-state index is 3.47. The van der Waals surface area contributed by atoms with Crippen LogP contribution in [0, 0.1) is 5.41 Å². The summed E-state index contributed by atoms with van der Waals surface area (Å²) in [4.78, 5) is 0. The average Bonchev–Trinajstić information content (AvgIpc) is 2.39. The molecule has 2 aromatic carbocycles. The highest BCUT2D eigenvalue weighted by Crippen LogP contribution is 2.36. The Morgan fingerprint density at radius 1 is 1.06 bits per heavy atom. The second kappa shape index (κ2) is 5.11. The lowest BCUT2D eigenvalue weighted by Crippen LogP contribution is -2.31. The van der Waals surface area contributed by atoms with Crippen molar-refractivity contribution < 1.29 is 0 Å². The van der Waals surface area contributed by atoms with Crippen molar-refractivity contribution >= 4 is 10.8 Å². The molecule has 1 nitrogen and oxygen atoms in total. The number of nitrogens with one attached hydrogen (secondary N) is 1. The number of hydrogen-bond donors (Lipinski definition) is 1. The number of rotatable bonds is 4. The number of hydrogen-bond acceptors (Lipinski definition) is 1. The van der Waals surface area contributed by atoms with Gasteiger partial charge in [0.15, 0.2) is 0 Å². The predicted octanol–water partition coefficient (Wildman–Crippen LogP) is 4.54. The van der Waals surface area contributed by atoms with Crippen LogP contribution in [-0.2, 0) is 0 Å². The average molecular weight is 241 g/mol. The van der Waals surface area contributed by atoms with Crippen LogP contribution in [0.4, 0.5) is 0 Å². The second-order valence-electron chi connectivity index (χ2n) is 5.67. The summed E-state index contributed by atoms with van der Waals surface area (Å²) in [5.41, 5.74) is 1.64. The van der Waals surface area contributed by atoms with Gasteiger partial charge in [0.05, 0.1) is 0 Å². The summed E-state index contributed by atoms with van der Waals surface area (Å²) in [6, 6.07) is 15.7. The van der Waals surface area contributed by atoms with Crippen molar-refractivity contribution in [3.05, 3.63) is 48.0 Å². The second-order valence-corrected chi connectivity index (χ2v) is 5.67. The lowest BCUT2D eigenvalue weighted by Gasteiger charge is -2.34. The molecule has 0 radical (unpaired) electrons. The zero-order valence-corrected chi connectivity index (χ0v) is 11.8. The molecule has 0 heterocycles. The maximum Gasteiger partial charge on any atom is 0.0369 e. The van der Waals surface area contributed by atoms with Gasteiger partial charge < -0.3 is 5.32 Å². The van der Waals surface area contributed by atoms with Gasteiger partial charge in [0.25, 0.3) is 0 Å². The Kier molecular flexibility index (Phi) is 3.72. The van der Waals surface area contributed by atoms with E-state index in [0.717, 1.165) is 6.42 Å². The molecule has 0 aliphatic heterocycles. The van der Waals surface area contributed by atoms with Crippen LogP contribution >= 0.6 is 0 Å². The Hall–Kier alpha value is -1.34. The lowest BCUT2D eigenvalue weighted by molar-refractivity contribution is 0.245. The van der Waals surface area contributed by atoms with Gasteiger partial charge in [-0.15, -0.1) is 0 Å². The Bertz CT molecular complexity index is 528. The first-order valence-corrected chi connectivity index (χ1v) is 6.74. The van der Waals surface area contributed by atoms with Crippen molar-refractivity contribution in [3.63, 3.8) is 0 Å². The molecule has 1 atom stereocenters. The van der Waals surface area contributed by atoms with Gasteiger partial charge in [-0.05, 0) is 41.3 Å². The molecule has 0 spiro atoms. The third-order valence-corrected chi connectivity index (χ3v) is 4.09. The van der Waals surface area contributed by atoms with Gasteiger partial charge in [0.1, 0.15) is 0 Å². The first kappa shape index (κ1) is 13.1. The van der Waals surface area contributed by atoms with Crippen LogP contribution in [0.2, 0.25) is 0 Å². The van der Waals surface area contributed by atoms with Crippen molar-refractivity contribution in [2.24, 2.45) is 5.41 Å². The minimum Gasteiger partial charge on any atom is -0.313 e. The van der Waals surface area contributed by atoms with E-state index in [1.807, 2.05) is 0 Å². The molecule has 0 saturated heterocycles. The monoisotopic (exact) mass is 241 g/mol. The molecule has 0 aliphatic carbocycles. The van der Waals surface area contributed by atoms with Crippen molar-refractivity contribution in [2.45, 2.75) is 33.2 Å². The van der Waals surface area contributed by atoms with Crippen LogP contribution in [0.1, 0.15) is 38.8 Å². The fourth-order valence-corrected chi connectivity index (χ4v) is 2.60. The molecule has 0 aliphatic rings. The fraction of sp³-hybridized carbons (Fsp3) is 0.412. The molecule has 0 aromatic heterocycles. The summed E-state index contributed by atoms with van der Waals surface area (Å²) in [5, 5.41) is 6.11. The summed E-state index contributed by atoms with van der Waals surface area (Å²) in [6.45, 7) is 6.90. The van der Waals surface area contributed by atoms with Gasteiger partial charge in [-0.25, -0.2) is 0 Å². The molecule has 96 valence electrons. The van der Waals surface area contributed by atoms with E-state index >= 15 is 0 Å². The van der Waals surface area contributed by atoms with Crippen LogP contribution in [0.5, 0.6) is 0 Å². The van der Waals surface area contributed by atoms with E-state index in [0.29, 0.717) is 6.04 Å². The van der Waals surface area contributed by atoms with Crippen LogP contribution in [0.3, 0.4) is 0 Å². The minimum absolute atomic E-state index is 0.261. The third kappa shape index (κ3) is 2.41. The first-order chi connectivity index (χ1) is 8.58. The molecule has 18 heavy (non-hydrogen) atoms. The highest BCUT2D eigenvalue weighted by Gasteiger charge is 2.27. The molecule has 0 bridgehead atoms. The minimum atomic E-state index is 0.261. The van der Waals surface area contributed by atoms with E-state index in [-0.39, 0.29) is 5.41 Å². The Morgan fingerprint density at radius 2 is 1.72 bits per heavy atom.